The second kappa shape index (κ2) is 10.2. The Labute approximate surface area is 209 Å². The Kier molecular flexibility index (Phi) is 7.21. The van der Waals surface area contributed by atoms with Gasteiger partial charge in [-0.05, 0) is 25.0 Å². The van der Waals surface area contributed by atoms with Gasteiger partial charge in [-0.1, -0.05) is 24.9 Å². The molecule has 0 bridgehead atoms. The molecule has 0 unspecified atom stereocenters. The Hall–Kier alpha value is -3.59. The maximum atomic E-state index is 14.8. The average Bonchev–Trinajstić information content (AvgIpc) is 3.14. The average molecular weight is 521 g/mol. The smallest absolute Gasteiger partial charge is 0.252 e. The third kappa shape index (κ3) is 5.46. The van der Waals surface area contributed by atoms with Crippen LogP contribution in [0.3, 0.4) is 0 Å². The van der Waals surface area contributed by atoms with Crippen molar-refractivity contribution in [1.29, 1.82) is 5.26 Å². The number of imidazole rings is 1. The molecule has 9 nitrogen and oxygen atoms in total. The lowest BCUT2D eigenvalue weighted by Gasteiger charge is -2.35. The van der Waals surface area contributed by atoms with Gasteiger partial charge in [0.2, 0.25) is 17.8 Å². The van der Waals surface area contributed by atoms with Crippen molar-refractivity contribution < 1.29 is 18.0 Å². The van der Waals surface area contributed by atoms with Crippen LogP contribution in [0.1, 0.15) is 57.1 Å². The van der Waals surface area contributed by atoms with Crippen LogP contribution in [0, 0.1) is 17.1 Å². The molecule has 2 aromatic heterocycles. The molecule has 2 heterocycles. The van der Waals surface area contributed by atoms with Gasteiger partial charge < -0.3 is 16.4 Å². The number of nitrogens with zero attached hydrogens (tertiary/aromatic N) is 5. The highest BCUT2D eigenvalue weighted by molar-refractivity contribution is 6.33. The molecule has 0 spiro atoms. The lowest BCUT2D eigenvalue weighted by Crippen LogP contribution is -2.44. The number of nitriles is 1. The molecule has 1 atom stereocenters. The Morgan fingerprint density at radius 2 is 2.11 bits per heavy atom. The molecule has 1 amide bonds. The summed E-state index contributed by atoms with van der Waals surface area (Å²) < 4.78 is 43.1. The van der Waals surface area contributed by atoms with Crippen LogP contribution in [0.5, 0.6) is 0 Å². The first kappa shape index (κ1) is 25.5. The van der Waals surface area contributed by atoms with Crippen LogP contribution in [-0.4, -0.2) is 37.4 Å². The first-order valence-corrected chi connectivity index (χ1v) is 11.8. The first-order valence-electron chi connectivity index (χ1n) is 11.4. The molecule has 36 heavy (non-hydrogen) atoms. The van der Waals surface area contributed by atoms with Crippen LogP contribution < -0.4 is 16.4 Å². The van der Waals surface area contributed by atoms with E-state index in [-0.39, 0.29) is 53.5 Å². The van der Waals surface area contributed by atoms with Gasteiger partial charge >= 0.3 is 0 Å². The Balaban J connectivity index is 1.77. The molecule has 13 heteroatoms. The quantitative estimate of drug-likeness (QED) is 0.340. The zero-order valence-electron chi connectivity index (χ0n) is 19.4. The van der Waals surface area contributed by atoms with Gasteiger partial charge in [0.05, 0.1) is 28.5 Å². The van der Waals surface area contributed by atoms with Crippen molar-refractivity contribution in [3.05, 3.63) is 34.7 Å². The number of benzene rings is 1. The minimum absolute atomic E-state index is 0.0197. The summed E-state index contributed by atoms with van der Waals surface area (Å²) in [6.07, 6.45) is 2.66. The van der Waals surface area contributed by atoms with Crippen LogP contribution in [-0.2, 0) is 4.79 Å². The van der Waals surface area contributed by atoms with E-state index in [1.807, 2.05) is 13.0 Å². The van der Waals surface area contributed by atoms with Gasteiger partial charge in [-0.3, -0.25) is 9.36 Å². The minimum atomic E-state index is -2.70. The number of carbonyl (C=O) groups excluding carboxylic acids is 1. The third-order valence-electron chi connectivity index (χ3n) is 5.98. The molecule has 0 aliphatic heterocycles. The maximum absolute atomic E-state index is 14.8. The molecule has 1 aromatic carbocycles. The van der Waals surface area contributed by atoms with Crippen LogP contribution >= 0.6 is 11.6 Å². The molecule has 1 aliphatic rings. The number of alkyl halides is 2. The molecule has 1 aliphatic carbocycles. The van der Waals surface area contributed by atoms with Crippen LogP contribution in [0.15, 0.2) is 18.3 Å². The molecule has 1 saturated carbocycles. The SMILES string of the molecule is CCC[C@@H](CCC(N)=O)n1c(Nc2c(F)cc(C#N)cc2Cl)nc2cnc(NC3CC(F)(F)C3)nc21. The number of hydrogen-bond donors (Lipinski definition) is 3. The number of carbonyl (C=O) groups is 1. The number of rotatable bonds is 10. The number of nitrogens with one attached hydrogen (secondary N) is 2. The molecule has 1 fully saturated rings. The monoisotopic (exact) mass is 520 g/mol. The van der Waals surface area contributed by atoms with Crippen molar-refractivity contribution in [3.63, 3.8) is 0 Å². The first-order chi connectivity index (χ1) is 17.1. The Morgan fingerprint density at radius 3 is 2.72 bits per heavy atom. The van der Waals surface area contributed by atoms with E-state index < -0.39 is 23.7 Å². The molecule has 190 valence electrons. The molecular formula is C23H24ClF3N8O. The van der Waals surface area contributed by atoms with Gasteiger partial charge in [0.15, 0.2) is 5.65 Å². The summed E-state index contributed by atoms with van der Waals surface area (Å²) in [5.41, 5.74) is 6.10. The third-order valence-corrected chi connectivity index (χ3v) is 6.27. The predicted molar refractivity (Wildman–Crippen MR) is 129 cm³/mol. The van der Waals surface area contributed by atoms with E-state index in [1.165, 1.54) is 12.3 Å². The molecule has 4 N–H and O–H groups in total. The fourth-order valence-corrected chi connectivity index (χ4v) is 4.51. The van der Waals surface area contributed by atoms with E-state index in [2.05, 4.69) is 25.6 Å². The number of primary amides is 1. The molecule has 0 saturated heterocycles. The lowest BCUT2D eigenvalue weighted by atomic mass is 9.88. The fourth-order valence-electron chi connectivity index (χ4n) is 4.25. The lowest BCUT2D eigenvalue weighted by molar-refractivity contribution is -0.118. The highest BCUT2D eigenvalue weighted by Crippen LogP contribution is 2.39. The summed E-state index contributed by atoms with van der Waals surface area (Å²) in [6.45, 7) is 1.97. The number of halogens is 4. The second-order valence-corrected chi connectivity index (χ2v) is 9.22. The zero-order valence-corrected chi connectivity index (χ0v) is 20.1. The Morgan fingerprint density at radius 1 is 1.36 bits per heavy atom. The summed E-state index contributed by atoms with van der Waals surface area (Å²) in [5, 5.41) is 14.9. The summed E-state index contributed by atoms with van der Waals surface area (Å²) in [7, 11) is 0. The normalized spacial score (nSPS) is 15.8. The van der Waals surface area contributed by atoms with Crippen LogP contribution in [0.4, 0.5) is 30.8 Å². The number of amides is 1. The second-order valence-electron chi connectivity index (χ2n) is 8.81. The molecule has 3 aromatic rings. The highest BCUT2D eigenvalue weighted by Gasteiger charge is 2.45. The number of hydrogen-bond acceptors (Lipinski definition) is 7. The number of anilines is 3. The van der Waals surface area contributed by atoms with Crippen molar-refractivity contribution in [2.24, 2.45) is 5.73 Å². The van der Waals surface area contributed by atoms with Gasteiger partial charge in [-0.2, -0.15) is 10.2 Å². The summed E-state index contributed by atoms with van der Waals surface area (Å²) in [6, 6.07) is 3.46. The van der Waals surface area contributed by atoms with E-state index >= 15 is 0 Å². The number of aromatic nitrogens is 4. The van der Waals surface area contributed by atoms with Gasteiger partial charge in [0.1, 0.15) is 11.3 Å². The minimum Gasteiger partial charge on any atom is -0.370 e. The van der Waals surface area contributed by atoms with E-state index in [4.69, 9.17) is 22.6 Å². The van der Waals surface area contributed by atoms with E-state index in [0.717, 1.165) is 12.5 Å². The summed E-state index contributed by atoms with van der Waals surface area (Å²) in [4.78, 5) is 24.7. The topological polar surface area (TPSA) is 135 Å². The van der Waals surface area contributed by atoms with Gasteiger partial charge in [-0.25, -0.2) is 23.1 Å². The van der Waals surface area contributed by atoms with Crippen molar-refractivity contribution >= 4 is 46.3 Å². The Bertz CT molecular complexity index is 1310. The molecular weight excluding hydrogens is 497 g/mol. The molecule has 4 rings (SSSR count). The van der Waals surface area contributed by atoms with Crippen molar-refractivity contribution in [2.45, 2.75) is 63.5 Å². The van der Waals surface area contributed by atoms with E-state index in [1.54, 1.807) is 4.57 Å². The van der Waals surface area contributed by atoms with E-state index in [0.29, 0.717) is 24.0 Å². The van der Waals surface area contributed by atoms with Gasteiger partial charge in [-0.15, -0.1) is 0 Å². The summed E-state index contributed by atoms with van der Waals surface area (Å²) >= 11 is 6.23. The largest absolute Gasteiger partial charge is 0.370 e. The van der Waals surface area contributed by atoms with Crippen LogP contribution in [0.2, 0.25) is 5.02 Å². The maximum Gasteiger partial charge on any atom is 0.252 e. The highest BCUT2D eigenvalue weighted by atomic mass is 35.5. The zero-order chi connectivity index (χ0) is 26.0. The number of nitrogens with two attached hydrogens (primary N) is 1. The van der Waals surface area contributed by atoms with Gasteiger partial charge in [0.25, 0.3) is 5.92 Å². The van der Waals surface area contributed by atoms with Crippen molar-refractivity contribution in [2.75, 3.05) is 10.6 Å². The van der Waals surface area contributed by atoms with Gasteiger partial charge in [0, 0.05) is 31.3 Å². The van der Waals surface area contributed by atoms with Crippen LogP contribution in [0.25, 0.3) is 11.2 Å². The number of fused-ring (bicyclic) bond motifs is 1. The van der Waals surface area contributed by atoms with E-state index in [9.17, 15) is 18.0 Å². The fraction of sp³-hybridized carbons (Fsp3) is 0.435. The standard InChI is InChI=1S/C23H24ClF3N8O/c1-2-3-14(4-5-18(29)36)35-20-17(11-30-21(34-20)31-13-8-23(26,27)9-13)32-22(35)33-19-15(24)6-12(10-28)7-16(19)25/h6-7,11,13-14H,2-5,8-9H2,1H3,(H2,29,36)(H,32,33)(H,30,31,34)/t14-/m0/s1. The van der Waals surface area contributed by atoms with Crippen molar-refractivity contribution in [3.8, 4) is 6.07 Å². The molecule has 0 radical (unpaired) electrons. The summed E-state index contributed by atoms with van der Waals surface area (Å²) in [5.74, 6) is -3.57. The van der Waals surface area contributed by atoms with Crippen molar-refractivity contribution in [1.82, 2.24) is 19.5 Å². The predicted octanol–water partition coefficient (Wildman–Crippen LogP) is 5.05.